The van der Waals surface area contributed by atoms with Gasteiger partial charge in [-0.25, -0.2) is 9.79 Å². The van der Waals surface area contributed by atoms with Crippen molar-refractivity contribution >= 4 is 28.9 Å². The molecule has 0 bridgehead atoms. The van der Waals surface area contributed by atoms with Crippen molar-refractivity contribution in [2.45, 2.75) is 51.9 Å². The molecule has 0 aromatic carbocycles. The topological polar surface area (TPSA) is 65.0 Å². The molecule has 1 N–H and O–H groups in total. The van der Waals surface area contributed by atoms with Crippen LogP contribution in [0.15, 0.2) is 4.99 Å². The Morgan fingerprint density at radius 3 is 2.70 bits per heavy atom. The number of thioether (sulfide) groups is 1. The Labute approximate surface area is 124 Å². The monoisotopic (exact) mass is 298 g/mol. The minimum absolute atomic E-state index is 0.172. The van der Waals surface area contributed by atoms with Gasteiger partial charge in [0, 0.05) is 18.8 Å². The molecule has 7 heteroatoms. The van der Waals surface area contributed by atoms with Gasteiger partial charge in [0.15, 0.2) is 17.4 Å². The highest BCUT2D eigenvalue weighted by molar-refractivity contribution is 8.13. The lowest BCUT2D eigenvalue weighted by Crippen LogP contribution is -2.64. The number of urea groups is 1. The van der Waals surface area contributed by atoms with Crippen LogP contribution >= 0.6 is 11.8 Å². The van der Waals surface area contributed by atoms with E-state index in [0.717, 1.165) is 23.8 Å². The summed E-state index contributed by atoms with van der Waals surface area (Å²) < 4.78 is 0. The molecule has 0 aliphatic carbocycles. The Bertz CT molecular complexity index is 438. The molecule has 2 rings (SSSR count). The number of nitrogens with zero attached hydrogens (tertiary/aromatic N) is 3. The molecule has 6 nitrogen and oxygen atoms in total. The van der Waals surface area contributed by atoms with E-state index in [-0.39, 0.29) is 18.0 Å². The van der Waals surface area contributed by atoms with Gasteiger partial charge in [0.05, 0.1) is 0 Å². The number of aliphatic imine (C=N–C) groups is 1. The summed E-state index contributed by atoms with van der Waals surface area (Å²) in [6.45, 7) is 6.24. The molecule has 2 aliphatic heterocycles. The normalized spacial score (nSPS) is 25.9. The molecule has 2 heterocycles. The summed E-state index contributed by atoms with van der Waals surface area (Å²) >= 11 is 1.67. The first-order valence-corrected chi connectivity index (χ1v) is 8.02. The average Bonchev–Trinajstić information content (AvgIpc) is 2.76. The first-order chi connectivity index (χ1) is 9.47. The highest BCUT2D eigenvalue weighted by atomic mass is 32.2. The highest BCUT2D eigenvalue weighted by Gasteiger charge is 2.49. The third-order valence-corrected chi connectivity index (χ3v) is 4.61. The van der Waals surface area contributed by atoms with E-state index in [9.17, 15) is 9.59 Å². The highest BCUT2D eigenvalue weighted by Crippen LogP contribution is 2.30. The van der Waals surface area contributed by atoms with Crippen molar-refractivity contribution in [3.05, 3.63) is 0 Å². The van der Waals surface area contributed by atoms with Crippen molar-refractivity contribution < 1.29 is 9.59 Å². The summed E-state index contributed by atoms with van der Waals surface area (Å²) in [6.07, 6.45) is 1.85. The second kappa shape index (κ2) is 6.03. The zero-order valence-electron chi connectivity index (χ0n) is 12.4. The van der Waals surface area contributed by atoms with Crippen LogP contribution in [0.2, 0.25) is 0 Å². The van der Waals surface area contributed by atoms with E-state index in [1.807, 2.05) is 18.7 Å². The van der Waals surface area contributed by atoms with Crippen LogP contribution in [0.1, 0.15) is 33.6 Å². The van der Waals surface area contributed by atoms with Crippen molar-refractivity contribution in [2.75, 3.05) is 12.8 Å². The second-order valence-corrected chi connectivity index (χ2v) is 6.44. The molecule has 1 saturated heterocycles. The molecule has 1 fully saturated rings. The third-order valence-electron chi connectivity index (χ3n) is 3.55. The van der Waals surface area contributed by atoms with Crippen molar-refractivity contribution in [1.29, 1.82) is 0 Å². The number of fused-ring (bicyclic) bond motifs is 1. The molecular weight excluding hydrogens is 276 g/mol. The van der Waals surface area contributed by atoms with Crippen LogP contribution in [-0.4, -0.2) is 58.0 Å². The summed E-state index contributed by atoms with van der Waals surface area (Å²) in [4.78, 5) is 32.0. The SMILES string of the molecule is CCCCSC1=NC2C(C(=O)NC(=O)N2C)N1C(C)C. The van der Waals surface area contributed by atoms with E-state index in [4.69, 9.17) is 0 Å². The summed E-state index contributed by atoms with van der Waals surface area (Å²) in [5.41, 5.74) is 0. The number of amidine groups is 1. The number of hydrogen-bond acceptors (Lipinski definition) is 5. The van der Waals surface area contributed by atoms with Gasteiger partial charge in [-0.05, 0) is 20.3 Å². The van der Waals surface area contributed by atoms with Crippen LogP contribution in [0, 0.1) is 0 Å². The van der Waals surface area contributed by atoms with Gasteiger partial charge in [-0.3, -0.25) is 10.1 Å². The molecule has 0 aromatic rings. The zero-order chi connectivity index (χ0) is 14.9. The Kier molecular flexibility index (Phi) is 4.57. The number of carbonyl (C=O) groups is 2. The molecule has 112 valence electrons. The van der Waals surface area contributed by atoms with Gasteiger partial charge in [-0.2, -0.15) is 0 Å². The van der Waals surface area contributed by atoms with Gasteiger partial charge in [0.2, 0.25) is 0 Å². The molecule has 0 saturated carbocycles. The van der Waals surface area contributed by atoms with Crippen molar-refractivity contribution in [2.24, 2.45) is 4.99 Å². The fourth-order valence-corrected chi connectivity index (χ4v) is 3.69. The van der Waals surface area contributed by atoms with Crippen LogP contribution in [0.4, 0.5) is 4.79 Å². The van der Waals surface area contributed by atoms with Gasteiger partial charge in [-0.1, -0.05) is 25.1 Å². The minimum Gasteiger partial charge on any atom is -0.333 e. The third kappa shape index (κ3) is 2.63. The predicted octanol–water partition coefficient (Wildman–Crippen LogP) is 1.48. The van der Waals surface area contributed by atoms with Crippen LogP contribution in [0.25, 0.3) is 0 Å². The molecule has 2 atom stereocenters. The van der Waals surface area contributed by atoms with E-state index in [0.29, 0.717) is 0 Å². The number of hydrogen-bond donors (Lipinski definition) is 1. The standard InChI is InChI=1S/C13H22N4O2S/c1-5-6-7-20-13-14-10-9(17(13)8(2)3)11(18)15-12(19)16(10)4/h8-10H,5-7H2,1-4H3,(H,15,18,19). The fourth-order valence-electron chi connectivity index (χ4n) is 2.42. The van der Waals surface area contributed by atoms with E-state index >= 15 is 0 Å². The smallest absolute Gasteiger partial charge is 0.325 e. The fraction of sp³-hybridized carbons (Fsp3) is 0.769. The molecule has 2 aliphatic rings. The Hall–Kier alpha value is -1.24. The maximum atomic E-state index is 12.1. The lowest BCUT2D eigenvalue weighted by atomic mass is 10.1. The van der Waals surface area contributed by atoms with E-state index in [1.54, 1.807) is 18.8 Å². The Morgan fingerprint density at radius 2 is 2.10 bits per heavy atom. The quantitative estimate of drug-likeness (QED) is 0.798. The van der Waals surface area contributed by atoms with Crippen LogP contribution in [0.5, 0.6) is 0 Å². The maximum Gasteiger partial charge on any atom is 0.325 e. The van der Waals surface area contributed by atoms with Crippen LogP contribution < -0.4 is 5.32 Å². The first-order valence-electron chi connectivity index (χ1n) is 7.04. The molecule has 0 radical (unpaired) electrons. The number of nitrogens with one attached hydrogen (secondary N) is 1. The van der Waals surface area contributed by atoms with E-state index in [1.165, 1.54) is 4.90 Å². The summed E-state index contributed by atoms with van der Waals surface area (Å²) in [7, 11) is 1.68. The maximum absolute atomic E-state index is 12.1. The predicted molar refractivity (Wildman–Crippen MR) is 80.7 cm³/mol. The number of imide groups is 1. The summed E-state index contributed by atoms with van der Waals surface area (Å²) in [5, 5.41) is 3.27. The Balaban J connectivity index is 2.22. The van der Waals surface area contributed by atoms with Crippen LogP contribution in [0.3, 0.4) is 0 Å². The largest absolute Gasteiger partial charge is 0.333 e. The number of likely N-dealkylation sites (N-methyl/N-ethyl adjacent to an activating group) is 1. The molecule has 2 unspecified atom stereocenters. The number of carbonyl (C=O) groups excluding carboxylic acids is 2. The van der Waals surface area contributed by atoms with Crippen molar-refractivity contribution in [3.8, 4) is 0 Å². The molecule has 0 aromatic heterocycles. The lowest BCUT2D eigenvalue weighted by Gasteiger charge is -2.37. The number of rotatable bonds is 4. The first kappa shape index (κ1) is 15.2. The summed E-state index contributed by atoms with van der Waals surface area (Å²) in [5.74, 6) is 0.735. The van der Waals surface area contributed by atoms with E-state index in [2.05, 4.69) is 17.2 Å². The zero-order valence-corrected chi connectivity index (χ0v) is 13.2. The molecule has 20 heavy (non-hydrogen) atoms. The second-order valence-electron chi connectivity index (χ2n) is 5.38. The average molecular weight is 298 g/mol. The molecule has 0 spiro atoms. The van der Waals surface area contributed by atoms with Crippen molar-refractivity contribution in [3.63, 3.8) is 0 Å². The number of amides is 3. The minimum atomic E-state index is -0.401. The van der Waals surface area contributed by atoms with Crippen molar-refractivity contribution in [1.82, 2.24) is 15.1 Å². The van der Waals surface area contributed by atoms with Gasteiger partial charge < -0.3 is 9.80 Å². The van der Waals surface area contributed by atoms with Gasteiger partial charge >= 0.3 is 6.03 Å². The number of unbranched alkanes of at least 4 members (excludes halogenated alkanes) is 1. The lowest BCUT2D eigenvalue weighted by molar-refractivity contribution is -0.127. The Morgan fingerprint density at radius 1 is 1.40 bits per heavy atom. The van der Waals surface area contributed by atoms with Gasteiger partial charge in [0.25, 0.3) is 5.91 Å². The van der Waals surface area contributed by atoms with Gasteiger partial charge in [0.1, 0.15) is 0 Å². The summed E-state index contributed by atoms with van der Waals surface area (Å²) in [6, 6.07) is -0.601. The molecule has 3 amide bonds. The van der Waals surface area contributed by atoms with Gasteiger partial charge in [-0.15, -0.1) is 0 Å². The van der Waals surface area contributed by atoms with Crippen LogP contribution in [-0.2, 0) is 4.79 Å². The van der Waals surface area contributed by atoms with E-state index < -0.39 is 12.2 Å². The molecular formula is C13H22N4O2S.